The third-order valence-corrected chi connectivity index (χ3v) is 4.52. The molecule has 0 bridgehead atoms. The summed E-state index contributed by atoms with van der Waals surface area (Å²) in [5.74, 6) is 0.157. The summed E-state index contributed by atoms with van der Waals surface area (Å²) in [5, 5.41) is 0.410. The summed E-state index contributed by atoms with van der Waals surface area (Å²) in [4.78, 5) is 23.7. The van der Waals surface area contributed by atoms with Gasteiger partial charge in [-0.1, -0.05) is 12.1 Å². The molecule has 1 unspecified atom stereocenters. The van der Waals surface area contributed by atoms with Gasteiger partial charge in [0.2, 0.25) is 0 Å². The van der Waals surface area contributed by atoms with Gasteiger partial charge in [0, 0.05) is 23.0 Å². The number of thioether (sulfide) groups is 1. The van der Waals surface area contributed by atoms with E-state index in [4.69, 9.17) is 0 Å². The number of Topliss-reactive ketones (excluding diaryl/α,β-unsaturated/α-hetero) is 1. The standard InChI is InChI=1S/C15H18O3S/c1-18-15(17)9-11-5-7-13(8-6-11)19-14-4-2-3-12(16)10-14/h5-8,14H,2-4,9-10H2,1H3. The van der Waals surface area contributed by atoms with Crippen LogP contribution in [0.2, 0.25) is 0 Å². The normalized spacial score (nSPS) is 19.2. The Labute approximate surface area is 117 Å². The van der Waals surface area contributed by atoms with Gasteiger partial charge in [0.05, 0.1) is 13.5 Å². The average Bonchev–Trinajstić information content (AvgIpc) is 2.41. The van der Waals surface area contributed by atoms with Crippen molar-refractivity contribution in [2.75, 3.05) is 7.11 Å². The lowest BCUT2D eigenvalue weighted by molar-refractivity contribution is -0.139. The van der Waals surface area contributed by atoms with Crippen LogP contribution in [0.5, 0.6) is 0 Å². The first-order valence-electron chi connectivity index (χ1n) is 6.51. The molecule has 1 atom stereocenters. The van der Waals surface area contributed by atoms with Crippen molar-refractivity contribution in [3.63, 3.8) is 0 Å². The fourth-order valence-corrected chi connectivity index (χ4v) is 3.43. The fraction of sp³-hybridized carbons (Fsp3) is 0.467. The molecule has 4 heteroatoms. The number of hydrogen-bond acceptors (Lipinski definition) is 4. The van der Waals surface area contributed by atoms with E-state index in [9.17, 15) is 9.59 Å². The van der Waals surface area contributed by atoms with Gasteiger partial charge in [0.25, 0.3) is 0 Å². The van der Waals surface area contributed by atoms with E-state index in [-0.39, 0.29) is 5.97 Å². The SMILES string of the molecule is COC(=O)Cc1ccc(SC2CCCC(=O)C2)cc1. The Morgan fingerprint density at radius 1 is 1.37 bits per heavy atom. The number of esters is 1. The second-order valence-corrected chi connectivity index (χ2v) is 6.15. The Morgan fingerprint density at radius 2 is 2.11 bits per heavy atom. The van der Waals surface area contributed by atoms with Gasteiger partial charge in [-0.2, -0.15) is 0 Å². The second kappa shape index (κ2) is 6.75. The van der Waals surface area contributed by atoms with E-state index in [1.807, 2.05) is 24.3 Å². The average molecular weight is 278 g/mol. The minimum absolute atomic E-state index is 0.224. The summed E-state index contributed by atoms with van der Waals surface area (Å²) in [6.07, 6.45) is 3.87. The minimum Gasteiger partial charge on any atom is -0.469 e. The van der Waals surface area contributed by atoms with Crippen LogP contribution in [-0.4, -0.2) is 24.1 Å². The maximum absolute atomic E-state index is 11.4. The molecule has 2 rings (SSSR count). The van der Waals surface area contributed by atoms with Crippen molar-refractivity contribution in [3.8, 4) is 0 Å². The Morgan fingerprint density at radius 3 is 2.74 bits per heavy atom. The quantitative estimate of drug-likeness (QED) is 0.794. The van der Waals surface area contributed by atoms with E-state index in [1.165, 1.54) is 7.11 Å². The molecular formula is C15H18O3S. The van der Waals surface area contributed by atoms with E-state index in [2.05, 4.69) is 4.74 Å². The van der Waals surface area contributed by atoms with Crippen LogP contribution in [0.3, 0.4) is 0 Å². The lowest BCUT2D eigenvalue weighted by atomic mass is 9.99. The Hall–Kier alpha value is -1.29. The van der Waals surface area contributed by atoms with Crippen LogP contribution < -0.4 is 0 Å². The van der Waals surface area contributed by atoms with Crippen molar-refractivity contribution in [1.82, 2.24) is 0 Å². The van der Waals surface area contributed by atoms with E-state index >= 15 is 0 Å². The molecule has 19 heavy (non-hydrogen) atoms. The van der Waals surface area contributed by atoms with Crippen LogP contribution in [0.4, 0.5) is 0 Å². The molecule has 0 saturated heterocycles. The molecular weight excluding hydrogens is 260 g/mol. The van der Waals surface area contributed by atoms with Gasteiger partial charge in [-0.3, -0.25) is 9.59 Å². The highest BCUT2D eigenvalue weighted by atomic mass is 32.2. The number of methoxy groups -OCH3 is 1. The van der Waals surface area contributed by atoms with Crippen molar-refractivity contribution in [3.05, 3.63) is 29.8 Å². The summed E-state index contributed by atoms with van der Waals surface area (Å²) in [7, 11) is 1.40. The van der Waals surface area contributed by atoms with Crippen molar-refractivity contribution in [2.24, 2.45) is 0 Å². The van der Waals surface area contributed by atoms with E-state index in [1.54, 1.807) is 11.8 Å². The number of rotatable bonds is 4. The van der Waals surface area contributed by atoms with Crippen molar-refractivity contribution in [1.29, 1.82) is 0 Å². The van der Waals surface area contributed by atoms with E-state index in [0.717, 1.165) is 29.7 Å². The van der Waals surface area contributed by atoms with Gasteiger partial charge in [0.15, 0.2) is 0 Å². The van der Waals surface area contributed by atoms with Crippen LogP contribution in [0.1, 0.15) is 31.2 Å². The monoisotopic (exact) mass is 278 g/mol. The maximum atomic E-state index is 11.4. The largest absolute Gasteiger partial charge is 0.469 e. The number of hydrogen-bond donors (Lipinski definition) is 0. The van der Waals surface area contributed by atoms with Gasteiger partial charge >= 0.3 is 5.97 Å². The molecule has 0 heterocycles. The van der Waals surface area contributed by atoms with Gasteiger partial charge in [0.1, 0.15) is 5.78 Å². The summed E-state index contributed by atoms with van der Waals surface area (Å²) in [6, 6.07) is 7.93. The van der Waals surface area contributed by atoms with Crippen molar-refractivity contribution in [2.45, 2.75) is 42.2 Å². The first-order valence-corrected chi connectivity index (χ1v) is 7.39. The molecule has 0 aliphatic heterocycles. The Balaban J connectivity index is 1.91. The maximum Gasteiger partial charge on any atom is 0.309 e. The van der Waals surface area contributed by atoms with Crippen LogP contribution in [-0.2, 0) is 20.7 Å². The lowest BCUT2D eigenvalue weighted by Gasteiger charge is -2.20. The highest BCUT2D eigenvalue weighted by Gasteiger charge is 2.20. The van der Waals surface area contributed by atoms with E-state index < -0.39 is 0 Å². The van der Waals surface area contributed by atoms with Crippen LogP contribution in [0, 0.1) is 0 Å². The smallest absolute Gasteiger partial charge is 0.309 e. The molecule has 3 nitrogen and oxygen atoms in total. The second-order valence-electron chi connectivity index (χ2n) is 4.77. The van der Waals surface area contributed by atoms with Crippen LogP contribution in [0.25, 0.3) is 0 Å². The molecule has 0 spiro atoms. The first kappa shape index (κ1) is 14.1. The predicted octanol–water partition coefficient (Wildman–Crippen LogP) is 3.01. The number of benzene rings is 1. The van der Waals surface area contributed by atoms with Crippen LogP contribution >= 0.6 is 11.8 Å². The summed E-state index contributed by atoms with van der Waals surface area (Å²) in [5.41, 5.74) is 0.955. The molecule has 0 radical (unpaired) electrons. The molecule has 1 aromatic rings. The first-order chi connectivity index (χ1) is 9.17. The number of ether oxygens (including phenoxy) is 1. The van der Waals surface area contributed by atoms with Gasteiger partial charge in [-0.05, 0) is 30.5 Å². The van der Waals surface area contributed by atoms with E-state index in [0.29, 0.717) is 23.9 Å². The number of ketones is 1. The Bertz CT molecular complexity index is 453. The molecule has 1 aliphatic rings. The van der Waals surface area contributed by atoms with Gasteiger partial charge in [-0.15, -0.1) is 11.8 Å². The molecule has 102 valence electrons. The van der Waals surface area contributed by atoms with Crippen molar-refractivity contribution >= 4 is 23.5 Å². The zero-order valence-electron chi connectivity index (χ0n) is 11.1. The predicted molar refractivity (Wildman–Crippen MR) is 75.3 cm³/mol. The third kappa shape index (κ3) is 4.39. The topological polar surface area (TPSA) is 43.4 Å². The zero-order valence-corrected chi connectivity index (χ0v) is 11.9. The van der Waals surface area contributed by atoms with Crippen LogP contribution in [0.15, 0.2) is 29.2 Å². The molecule has 0 amide bonds. The minimum atomic E-state index is -0.224. The van der Waals surface area contributed by atoms with Gasteiger partial charge in [-0.25, -0.2) is 0 Å². The van der Waals surface area contributed by atoms with Crippen molar-refractivity contribution < 1.29 is 14.3 Å². The highest BCUT2D eigenvalue weighted by Crippen LogP contribution is 2.32. The molecule has 1 fully saturated rings. The summed E-state index contributed by atoms with van der Waals surface area (Å²) < 4.78 is 4.64. The molecule has 0 N–H and O–H groups in total. The fourth-order valence-electron chi connectivity index (χ4n) is 2.20. The molecule has 1 aliphatic carbocycles. The van der Waals surface area contributed by atoms with Gasteiger partial charge < -0.3 is 4.74 Å². The summed E-state index contributed by atoms with van der Waals surface area (Å²) in [6.45, 7) is 0. The zero-order chi connectivity index (χ0) is 13.7. The number of carbonyl (C=O) groups is 2. The molecule has 1 aromatic carbocycles. The highest BCUT2D eigenvalue weighted by molar-refractivity contribution is 8.00. The Kier molecular flexibility index (Phi) is 5.02. The third-order valence-electron chi connectivity index (χ3n) is 3.24. The lowest BCUT2D eigenvalue weighted by Crippen LogP contribution is -2.16. The molecule has 0 aromatic heterocycles. The summed E-state index contributed by atoms with van der Waals surface area (Å²) >= 11 is 1.76. The number of carbonyl (C=O) groups excluding carboxylic acids is 2. The molecule has 1 saturated carbocycles.